The van der Waals surface area contributed by atoms with E-state index in [0.29, 0.717) is 0 Å². The zero-order chi connectivity index (χ0) is 9.14. The van der Waals surface area contributed by atoms with Crippen molar-refractivity contribution in [1.29, 1.82) is 0 Å². The van der Waals surface area contributed by atoms with Crippen molar-refractivity contribution in [3.05, 3.63) is 11.1 Å². The molecule has 0 aromatic carbocycles. The van der Waals surface area contributed by atoms with E-state index in [1.807, 2.05) is 0 Å². The Hall–Kier alpha value is -0.260. The Morgan fingerprint density at radius 3 is 2.58 bits per heavy atom. The van der Waals surface area contributed by atoms with Crippen LogP contribution in [0.15, 0.2) is 11.1 Å². The van der Waals surface area contributed by atoms with Crippen LogP contribution in [0, 0.1) is 11.8 Å². The highest BCUT2D eigenvalue weighted by Gasteiger charge is 2.18. The van der Waals surface area contributed by atoms with Gasteiger partial charge in [0.2, 0.25) is 0 Å². The standard InChI is InChI=1S/C12H22/c1-5-11-7-6-10(4)12(8-11)9(2)3/h9,11H,5-8H2,1-4H3. The number of hydrogen-bond donors (Lipinski definition) is 0. The summed E-state index contributed by atoms with van der Waals surface area (Å²) in [6.07, 6.45) is 5.52. The van der Waals surface area contributed by atoms with E-state index in [0.717, 1.165) is 11.8 Å². The zero-order valence-corrected chi connectivity index (χ0v) is 8.98. The second-order valence-electron chi connectivity index (χ2n) is 4.48. The summed E-state index contributed by atoms with van der Waals surface area (Å²) in [6.45, 7) is 9.30. The zero-order valence-electron chi connectivity index (χ0n) is 8.98. The maximum absolute atomic E-state index is 2.33. The molecule has 0 bridgehead atoms. The average Bonchev–Trinajstić information content (AvgIpc) is 2.05. The Morgan fingerprint density at radius 2 is 2.08 bits per heavy atom. The molecule has 0 nitrogen and oxygen atoms in total. The molecule has 70 valence electrons. The number of rotatable bonds is 2. The van der Waals surface area contributed by atoms with Gasteiger partial charge in [0.25, 0.3) is 0 Å². The van der Waals surface area contributed by atoms with Crippen LogP contribution in [0.25, 0.3) is 0 Å². The van der Waals surface area contributed by atoms with Crippen LogP contribution in [-0.4, -0.2) is 0 Å². The second-order valence-corrected chi connectivity index (χ2v) is 4.48. The lowest BCUT2D eigenvalue weighted by Crippen LogP contribution is -2.12. The molecule has 1 aliphatic carbocycles. The predicted octanol–water partition coefficient (Wildman–Crippen LogP) is 4.17. The molecule has 1 atom stereocenters. The maximum Gasteiger partial charge on any atom is -0.0257 e. The van der Waals surface area contributed by atoms with Crippen LogP contribution in [0.3, 0.4) is 0 Å². The summed E-state index contributed by atoms with van der Waals surface area (Å²) in [5.41, 5.74) is 3.42. The largest absolute Gasteiger partial charge is 0.0738 e. The molecule has 1 rings (SSSR count). The molecule has 1 unspecified atom stereocenters. The van der Waals surface area contributed by atoms with Gasteiger partial charge in [0.15, 0.2) is 0 Å². The number of allylic oxidation sites excluding steroid dienone is 2. The Balaban J connectivity index is 2.67. The molecule has 0 saturated carbocycles. The van der Waals surface area contributed by atoms with Crippen molar-refractivity contribution in [1.82, 2.24) is 0 Å². The van der Waals surface area contributed by atoms with Crippen LogP contribution >= 0.6 is 0 Å². The van der Waals surface area contributed by atoms with Gasteiger partial charge in [-0.15, -0.1) is 0 Å². The first-order chi connectivity index (χ1) is 5.65. The van der Waals surface area contributed by atoms with Gasteiger partial charge in [-0.2, -0.15) is 0 Å². The Bertz CT molecular complexity index is 174. The summed E-state index contributed by atoms with van der Waals surface area (Å²) in [6, 6.07) is 0. The summed E-state index contributed by atoms with van der Waals surface area (Å²) in [7, 11) is 0. The molecular weight excluding hydrogens is 144 g/mol. The third kappa shape index (κ3) is 2.12. The van der Waals surface area contributed by atoms with Crippen LogP contribution < -0.4 is 0 Å². The second kappa shape index (κ2) is 4.11. The summed E-state index contributed by atoms with van der Waals surface area (Å²) < 4.78 is 0. The minimum atomic E-state index is 0.777. The molecule has 0 spiro atoms. The quantitative estimate of drug-likeness (QED) is 0.540. The van der Waals surface area contributed by atoms with Crippen molar-refractivity contribution in [2.45, 2.75) is 53.4 Å². The highest BCUT2D eigenvalue weighted by molar-refractivity contribution is 5.17. The van der Waals surface area contributed by atoms with Gasteiger partial charge in [0.05, 0.1) is 0 Å². The van der Waals surface area contributed by atoms with Crippen molar-refractivity contribution in [3.63, 3.8) is 0 Å². The fourth-order valence-corrected chi connectivity index (χ4v) is 2.25. The maximum atomic E-state index is 2.33. The third-order valence-electron chi connectivity index (χ3n) is 3.26. The van der Waals surface area contributed by atoms with E-state index in [1.54, 1.807) is 11.1 Å². The highest BCUT2D eigenvalue weighted by Crippen LogP contribution is 2.34. The first-order valence-electron chi connectivity index (χ1n) is 5.33. The van der Waals surface area contributed by atoms with Gasteiger partial charge < -0.3 is 0 Å². The van der Waals surface area contributed by atoms with Gasteiger partial charge in [-0.3, -0.25) is 0 Å². The van der Waals surface area contributed by atoms with E-state index in [4.69, 9.17) is 0 Å². The Labute approximate surface area is 77.1 Å². The fourth-order valence-electron chi connectivity index (χ4n) is 2.25. The van der Waals surface area contributed by atoms with Gasteiger partial charge in [-0.1, -0.05) is 38.3 Å². The molecule has 0 aromatic rings. The van der Waals surface area contributed by atoms with E-state index in [-0.39, 0.29) is 0 Å². The highest BCUT2D eigenvalue weighted by atomic mass is 14.2. The molecule has 0 fully saturated rings. The van der Waals surface area contributed by atoms with Crippen molar-refractivity contribution in [3.8, 4) is 0 Å². The lowest BCUT2D eigenvalue weighted by atomic mass is 9.79. The summed E-state index contributed by atoms with van der Waals surface area (Å²) in [5, 5.41) is 0. The molecular formula is C12H22. The molecule has 0 N–H and O–H groups in total. The van der Waals surface area contributed by atoms with E-state index >= 15 is 0 Å². The van der Waals surface area contributed by atoms with E-state index in [9.17, 15) is 0 Å². The number of hydrogen-bond acceptors (Lipinski definition) is 0. The van der Waals surface area contributed by atoms with Crippen LogP contribution in [-0.2, 0) is 0 Å². The van der Waals surface area contributed by atoms with Gasteiger partial charge >= 0.3 is 0 Å². The van der Waals surface area contributed by atoms with Gasteiger partial charge in [0.1, 0.15) is 0 Å². The van der Waals surface area contributed by atoms with Crippen molar-refractivity contribution < 1.29 is 0 Å². The normalized spacial score (nSPS) is 25.2. The summed E-state index contributed by atoms with van der Waals surface area (Å²) in [4.78, 5) is 0. The lowest BCUT2D eigenvalue weighted by Gasteiger charge is -2.27. The molecule has 1 aliphatic rings. The minimum absolute atomic E-state index is 0.777. The molecule has 0 saturated heterocycles. The molecule has 0 aliphatic heterocycles. The van der Waals surface area contributed by atoms with E-state index in [1.165, 1.54) is 25.7 Å². The SMILES string of the molecule is CCC1CCC(C)=C(C(C)C)C1. The van der Waals surface area contributed by atoms with Crippen molar-refractivity contribution in [2.75, 3.05) is 0 Å². The van der Waals surface area contributed by atoms with Gasteiger partial charge in [-0.05, 0) is 38.0 Å². The molecule has 0 heteroatoms. The van der Waals surface area contributed by atoms with Crippen LogP contribution in [0.4, 0.5) is 0 Å². The first-order valence-corrected chi connectivity index (χ1v) is 5.33. The average molecular weight is 166 g/mol. The first kappa shape index (κ1) is 9.83. The van der Waals surface area contributed by atoms with E-state index < -0.39 is 0 Å². The van der Waals surface area contributed by atoms with E-state index in [2.05, 4.69) is 27.7 Å². The predicted molar refractivity (Wildman–Crippen MR) is 55.2 cm³/mol. The third-order valence-corrected chi connectivity index (χ3v) is 3.26. The van der Waals surface area contributed by atoms with Crippen molar-refractivity contribution in [2.24, 2.45) is 11.8 Å². The van der Waals surface area contributed by atoms with Gasteiger partial charge in [-0.25, -0.2) is 0 Å². The molecule has 0 radical (unpaired) electrons. The Kier molecular flexibility index (Phi) is 3.37. The summed E-state index contributed by atoms with van der Waals surface area (Å²) in [5.74, 6) is 1.76. The van der Waals surface area contributed by atoms with Crippen LogP contribution in [0.1, 0.15) is 53.4 Å². The summed E-state index contributed by atoms with van der Waals surface area (Å²) >= 11 is 0. The van der Waals surface area contributed by atoms with Crippen LogP contribution in [0.5, 0.6) is 0 Å². The topological polar surface area (TPSA) is 0 Å². The molecule has 12 heavy (non-hydrogen) atoms. The van der Waals surface area contributed by atoms with Crippen LogP contribution in [0.2, 0.25) is 0 Å². The van der Waals surface area contributed by atoms with Crippen molar-refractivity contribution >= 4 is 0 Å². The molecule has 0 amide bonds. The smallest absolute Gasteiger partial charge is 0.0257 e. The Morgan fingerprint density at radius 1 is 1.42 bits per heavy atom. The molecule has 0 aromatic heterocycles. The molecule has 0 heterocycles. The lowest BCUT2D eigenvalue weighted by molar-refractivity contribution is 0.420. The van der Waals surface area contributed by atoms with Gasteiger partial charge in [0, 0.05) is 0 Å². The minimum Gasteiger partial charge on any atom is -0.0738 e. The fraction of sp³-hybridized carbons (Fsp3) is 0.833. The monoisotopic (exact) mass is 166 g/mol.